The predicted octanol–water partition coefficient (Wildman–Crippen LogP) is 2.58. The number of rotatable bonds is 4. The number of hydrogen-bond donors (Lipinski definition) is 0. The zero-order valence-corrected chi connectivity index (χ0v) is 16.7. The van der Waals surface area contributed by atoms with E-state index in [1.54, 1.807) is 0 Å². The third kappa shape index (κ3) is 3.32. The largest absolute Gasteiger partial charge is 0.353 e. The summed E-state index contributed by atoms with van der Waals surface area (Å²) in [5.41, 5.74) is 2.17. The molecule has 0 bridgehead atoms. The molecule has 1 aliphatic rings. The molecule has 1 fully saturated rings. The zero-order chi connectivity index (χ0) is 19.7. The van der Waals surface area contributed by atoms with E-state index in [1.807, 2.05) is 53.5 Å². The Morgan fingerprint density at radius 3 is 2.46 bits per heavy atom. The second-order valence-corrected chi connectivity index (χ2v) is 7.32. The Morgan fingerprint density at radius 2 is 1.79 bits per heavy atom. The number of carbonyl (C=O) groups excluding carboxylic acids is 1. The second-order valence-electron chi connectivity index (χ2n) is 7.32. The smallest absolute Gasteiger partial charge is 0.257 e. The van der Waals surface area contributed by atoms with E-state index in [4.69, 9.17) is 0 Å². The topological polar surface area (TPSA) is 66.6 Å². The number of anilines is 1. The number of aryl methyl sites for hydroxylation is 2. The van der Waals surface area contributed by atoms with Crippen LogP contribution in [0.1, 0.15) is 36.3 Å². The highest BCUT2D eigenvalue weighted by Gasteiger charge is 2.28. The van der Waals surface area contributed by atoms with Crippen LogP contribution in [0.3, 0.4) is 0 Å². The quantitative estimate of drug-likeness (QED) is 0.698. The van der Waals surface area contributed by atoms with Crippen LogP contribution < -0.4 is 4.90 Å². The number of piperazine rings is 1. The maximum atomic E-state index is 13.1. The molecule has 1 amide bonds. The van der Waals surface area contributed by atoms with Crippen LogP contribution in [0.2, 0.25) is 0 Å². The SMILES string of the molecule is CC[C@H](C(=O)N1CCN(c2cc(C)n3c(C)nnc3n2)CC1)c1ccccc1. The van der Waals surface area contributed by atoms with Crippen molar-refractivity contribution in [1.29, 1.82) is 0 Å². The first-order valence-electron chi connectivity index (χ1n) is 9.86. The Morgan fingerprint density at radius 1 is 1.07 bits per heavy atom. The molecule has 0 N–H and O–H groups in total. The van der Waals surface area contributed by atoms with Crippen LogP contribution in [0, 0.1) is 13.8 Å². The molecule has 2 aromatic heterocycles. The fourth-order valence-corrected chi connectivity index (χ4v) is 4.00. The van der Waals surface area contributed by atoms with Gasteiger partial charge in [0.25, 0.3) is 5.78 Å². The lowest BCUT2D eigenvalue weighted by atomic mass is 9.95. The number of carbonyl (C=O) groups is 1. The molecule has 1 aliphatic heterocycles. The molecule has 146 valence electrons. The predicted molar refractivity (Wildman–Crippen MR) is 109 cm³/mol. The molecule has 0 unspecified atom stereocenters. The van der Waals surface area contributed by atoms with Gasteiger partial charge in [0.1, 0.15) is 11.6 Å². The summed E-state index contributed by atoms with van der Waals surface area (Å²) in [4.78, 5) is 22.0. The van der Waals surface area contributed by atoms with Crippen LogP contribution in [-0.4, -0.2) is 56.6 Å². The molecule has 0 radical (unpaired) electrons. The Kier molecular flexibility index (Phi) is 4.98. The fourth-order valence-electron chi connectivity index (χ4n) is 4.00. The van der Waals surface area contributed by atoms with Crippen molar-refractivity contribution in [2.24, 2.45) is 0 Å². The van der Waals surface area contributed by atoms with E-state index < -0.39 is 0 Å². The summed E-state index contributed by atoms with van der Waals surface area (Å²) in [6, 6.07) is 12.1. The van der Waals surface area contributed by atoms with Crippen LogP contribution in [0.15, 0.2) is 36.4 Å². The summed E-state index contributed by atoms with van der Waals surface area (Å²) < 4.78 is 1.95. The van der Waals surface area contributed by atoms with Crippen molar-refractivity contribution in [3.8, 4) is 0 Å². The monoisotopic (exact) mass is 378 g/mol. The van der Waals surface area contributed by atoms with Gasteiger partial charge < -0.3 is 9.80 Å². The average molecular weight is 378 g/mol. The van der Waals surface area contributed by atoms with Crippen LogP contribution >= 0.6 is 0 Å². The maximum Gasteiger partial charge on any atom is 0.257 e. The molecule has 7 nitrogen and oxygen atoms in total. The molecular weight excluding hydrogens is 352 g/mol. The van der Waals surface area contributed by atoms with Gasteiger partial charge in [0.2, 0.25) is 5.91 Å². The summed E-state index contributed by atoms with van der Waals surface area (Å²) in [6.45, 7) is 9.00. The fraction of sp³-hybridized carbons (Fsp3) is 0.429. The molecule has 1 aromatic carbocycles. The van der Waals surface area contributed by atoms with Crippen molar-refractivity contribution < 1.29 is 4.79 Å². The van der Waals surface area contributed by atoms with Crippen LogP contribution in [-0.2, 0) is 4.79 Å². The number of fused-ring (bicyclic) bond motifs is 1. The summed E-state index contributed by atoms with van der Waals surface area (Å²) in [7, 11) is 0. The summed E-state index contributed by atoms with van der Waals surface area (Å²) in [5, 5.41) is 8.27. The molecule has 0 spiro atoms. The van der Waals surface area contributed by atoms with E-state index in [9.17, 15) is 4.79 Å². The van der Waals surface area contributed by atoms with Crippen molar-refractivity contribution in [3.05, 3.63) is 53.5 Å². The van der Waals surface area contributed by atoms with E-state index >= 15 is 0 Å². The molecule has 0 saturated carbocycles. The minimum absolute atomic E-state index is 0.0663. The molecule has 3 heterocycles. The number of amides is 1. The van der Waals surface area contributed by atoms with E-state index in [-0.39, 0.29) is 11.8 Å². The van der Waals surface area contributed by atoms with Gasteiger partial charge in [-0.15, -0.1) is 10.2 Å². The van der Waals surface area contributed by atoms with Gasteiger partial charge in [0.15, 0.2) is 0 Å². The molecule has 0 aliphatic carbocycles. The first-order valence-corrected chi connectivity index (χ1v) is 9.86. The summed E-state index contributed by atoms with van der Waals surface area (Å²) >= 11 is 0. The maximum absolute atomic E-state index is 13.1. The van der Waals surface area contributed by atoms with Crippen molar-refractivity contribution >= 4 is 17.5 Å². The Hall–Kier alpha value is -2.96. The third-order valence-electron chi connectivity index (χ3n) is 5.54. The third-order valence-corrected chi connectivity index (χ3v) is 5.54. The number of aromatic nitrogens is 4. The second kappa shape index (κ2) is 7.58. The van der Waals surface area contributed by atoms with Crippen LogP contribution in [0.25, 0.3) is 5.78 Å². The highest BCUT2D eigenvalue weighted by Crippen LogP contribution is 2.24. The van der Waals surface area contributed by atoms with Gasteiger partial charge in [-0.25, -0.2) is 0 Å². The molecule has 7 heteroatoms. The minimum Gasteiger partial charge on any atom is -0.353 e. The van der Waals surface area contributed by atoms with Crippen LogP contribution in [0.4, 0.5) is 5.82 Å². The first-order chi connectivity index (χ1) is 13.6. The van der Waals surface area contributed by atoms with Gasteiger partial charge >= 0.3 is 0 Å². The Labute approximate surface area is 165 Å². The van der Waals surface area contributed by atoms with Gasteiger partial charge in [0.05, 0.1) is 5.92 Å². The number of benzene rings is 1. The molecule has 28 heavy (non-hydrogen) atoms. The minimum atomic E-state index is -0.0663. The molecule has 3 aromatic rings. The van der Waals surface area contributed by atoms with E-state index in [0.29, 0.717) is 18.9 Å². The summed E-state index contributed by atoms with van der Waals surface area (Å²) in [6.07, 6.45) is 0.812. The van der Waals surface area contributed by atoms with Gasteiger partial charge in [-0.2, -0.15) is 4.98 Å². The Bertz CT molecular complexity index is 975. The average Bonchev–Trinajstić information content (AvgIpc) is 3.11. The van der Waals surface area contributed by atoms with E-state index in [0.717, 1.165) is 42.4 Å². The van der Waals surface area contributed by atoms with Crippen molar-refractivity contribution in [3.63, 3.8) is 0 Å². The van der Waals surface area contributed by atoms with Gasteiger partial charge in [-0.05, 0) is 25.8 Å². The lowest BCUT2D eigenvalue weighted by Gasteiger charge is -2.37. The molecule has 1 saturated heterocycles. The summed E-state index contributed by atoms with van der Waals surface area (Å²) in [5.74, 6) is 2.53. The van der Waals surface area contributed by atoms with Gasteiger partial charge in [0, 0.05) is 37.9 Å². The van der Waals surface area contributed by atoms with E-state index in [1.165, 1.54) is 0 Å². The van der Waals surface area contributed by atoms with Crippen molar-refractivity contribution in [1.82, 2.24) is 24.5 Å². The highest BCUT2D eigenvalue weighted by atomic mass is 16.2. The Balaban J connectivity index is 1.46. The molecule has 1 atom stereocenters. The zero-order valence-electron chi connectivity index (χ0n) is 16.7. The standard InChI is InChI=1S/C21H26N6O/c1-4-18(17-8-6-5-7-9-17)20(28)26-12-10-25(11-13-26)19-14-15(2)27-16(3)23-24-21(27)22-19/h5-9,14,18H,4,10-13H2,1-3H3/t18-/m0/s1. The highest BCUT2D eigenvalue weighted by molar-refractivity contribution is 5.84. The lowest BCUT2D eigenvalue weighted by molar-refractivity contribution is -0.133. The lowest BCUT2D eigenvalue weighted by Crippen LogP contribution is -2.50. The van der Waals surface area contributed by atoms with Crippen molar-refractivity contribution in [2.45, 2.75) is 33.1 Å². The molecular formula is C21H26N6O. The van der Waals surface area contributed by atoms with Gasteiger partial charge in [-0.1, -0.05) is 37.3 Å². The number of nitrogens with zero attached hydrogens (tertiary/aromatic N) is 6. The van der Waals surface area contributed by atoms with E-state index in [2.05, 4.69) is 33.1 Å². The van der Waals surface area contributed by atoms with Crippen LogP contribution in [0.5, 0.6) is 0 Å². The first kappa shape index (κ1) is 18.4. The normalized spacial score (nSPS) is 15.8. The number of hydrogen-bond acceptors (Lipinski definition) is 5. The van der Waals surface area contributed by atoms with Crippen molar-refractivity contribution in [2.75, 3.05) is 31.1 Å². The van der Waals surface area contributed by atoms with Gasteiger partial charge in [-0.3, -0.25) is 9.20 Å². The molecule has 4 rings (SSSR count).